The summed E-state index contributed by atoms with van der Waals surface area (Å²) in [6.45, 7) is 4.12. The zero-order valence-corrected chi connectivity index (χ0v) is 17.6. The number of aryl methyl sites for hydroxylation is 3. The second-order valence-corrected chi connectivity index (χ2v) is 8.08. The van der Waals surface area contributed by atoms with Gasteiger partial charge in [0.25, 0.3) is 0 Å². The lowest BCUT2D eigenvalue weighted by atomic mass is 10.1. The van der Waals surface area contributed by atoms with Crippen LogP contribution in [-0.2, 0) is 6.42 Å². The third-order valence-electron chi connectivity index (χ3n) is 4.43. The Kier molecular flexibility index (Phi) is 5.92. The van der Waals surface area contributed by atoms with Crippen molar-refractivity contribution >= 4 is 23.4 Å². The molecule has 2 aromatic carbocycles. The molecule has 0 saturated carbocycles. The first-order valence-corrected chi connectivity index (χ1v) is 10.5. The molecule has 0 aliphatic rings. The molecule has 0 fully saturated rings. The first-order valence-electron chi connectivity index (χ1n) is 9.18. The summed E-state index contributed by atoms with van der Waals surface area (Å²) in [5.74, 6) is 2.03. The Labute approximate surface area is 177 Å². The topological polar surface area (TPSA) is 82.5 Å². The predicted octanol–water partition coefficient (Wildman–Crippen LogP) is 4.71. The monoisotopic (exact) mass is 426 g/mol. The van der Waals surface area contributed by atoms with Gasteiger partial charge in [-0.25, -0.2) is 0 Å². The summed E-state index contributed by atoms with van der Waals surface area (Å²) in [4.78, 5) is 4.46. The van der Waals surface area contributed by atoms with Gasteiger partial charge >= 0.3 is 0 Å². The number of hydrogen-bond donors (Lipinski definition) is 0. The SMILES string of the molecule is Cc1cccc(C)c1-n1nnnc1SCCCc1nc(-c2ccc(Cl)cc2)no1. The van der Waals surface area contributed by atoms with Gasteiger partial charge in [0, 0.05) is 22.8 Å². The maximum absolute atomic E-state index is 5.92. The molecule has 0 N–H and O–H groups in total. The predicted molar refractivity (Wildman–Crippen MR) is 112 cm³/mol. The maximum Gasteiger partial charge on any atom is 0.226 e. The molecule has 2 heterocycles. The van der Waals surface area contributed by atoms with E-state index >= 15 is 0 Å². The molecular formula is C20H19ClN6OS. The number of tetrazole rings is 1. The quantitative estimate of drug-likeness (QED) is 0.312. The van der Waals surface area contributed by atoms with Crippen molar-refractivity contribution in [3.63, 3.8) is 0 Å². The number of rotatable bonds is 7. The van der Waals surface area contributed by atoms with E-state index in [-0.39, 0.29) is 0 Å². The van der Waals surface area contributed by atoms with Gasteiger partial charge in [-0.2, -0.15) is 9.67 Å². The van der Waals surface area contributed by atoms with Gasteiger partial charge in [0.05, 0.1) is 5.69 Å². The van der Waals surface area contributed by atoms with Crippen LogP contribution < -0.4 is 0 Å². The summed E-state index contributed by atoms with van der Waals surface area (Å²) in [7, 11) is 0. The third-order valence-corrected chi connectivity index (χ3v) is 5.69. The van der Waals surface area contributed by atoms with E-state index < -0.39 is 0 Å². The number of hydrogen-bond acceptors (Lipinski definition) is 7. The fraction of sp³-hybridized carbons (Fsp3) is 0.250. The molecule has 9 heteroatoms. The Morgan fingerprint density at radius 3 is 2.59 bits per heavy atom. The van der Waals surface area contributed by atoms with E-state index in [0.29, 0.717) is 23.2 Å². The Morgan fingerprint density at radius 1 is 1.07 bits per heavy atom. The van der Waals surface area contributed by atoms with Gasteiger partial charge in [0.2, 0.25) is 16.9 Å². The van der Waals surface area contributed by atoms with Crippen LogP contribution in [0, 0.1) is 13.8 Å². The van der Waals surface area contributed by atoms with Crippen molar-refractivity contribution in [2.24, 2.45) is 0 Å². The van der Waals surface area contributed by atoms with Gasteiger partial charge in [0.15, 0.2) is 0 Å². The Balaban J connectivity index is 1.35. The van der Waals surface area contributed by atoms with Crippen molar-refractivity contribution in [1.29, 1.82) is 0 Å². The lowest BCUT2D eigenvalue weighted by Gasteiger charge is -2.10. The Bertz CT molecular complexity index is 1090. The molecule has 2 aromatic heterocycles. The summed E-state index contributed by atoms with van der Waals surface area (Å²) in [5.41, 5.74) is 4.19. The van der Waals surface area contributed by atoms with E-state index in [2.05, 4.69) is 51.6 Å². The van der Waals surface area contributed by atoms with E-state index in [4.69, 9.17) is 16.1 Å². The largest absolute Gasteiger partial charge is 0.339 e. The van der Waals surface area contributed by atoms with Gasteiger partial charge in [-0.1, -0.05) is 46.7 Å². The Morgan fingerprint density at radius 2 is 1.83 bits per heavy atom. The number of thioether (sulfide) groups is 1. The first-order chi connectivity index (χ1) is 14.1. The van der Waals surface area contributed by atoms with E-state index in [0.717, 1.165) is 39.7 Å². The average Bonchev–Trinajstić information content (AvgIpc) is 3.36. The summed E-state index contributed by atoms with van der Waals surface area (Å²) in [6.07, 6.45) is 1.56. The molecule has 0 saturated heterocycles. The van der Waals surface area contributed by atoms with Crippen LogP contribution in [0.5, 0.6) is 0 Å². The van der Waals surface area contributed by atoms with Gasteiger partial charge in [-0.15, -0.1) is 5.10 Å². The van der Waals surface area contributed by atoms with Crippen molar-refractivity contribution in [2.75, 3.05) is 5.75 Å². The lowest BCUT2D eigenvalue weighted by molar-refractivity contribution is 0.378. The van der Waals surface area contributed by atoms with Crippen LogP contribution in [0.1, 0.15) is 23.4 Å². The standard InChI is InChI=1S/C20H19ClN6OS/c1-13-5-3-6-14(2)18(13)27-20(23-25-26-27)29-12-4-7-17-22-19(24-28-17)15-8-10-16(21)11-9-15/h3,5-6,8-11H,4,7,12H2,1-2H3. The second kappa shape index (κ2) is 8.75. The molecule has 4 aromatic rings. The normalized spacial score (nSPS) is 11.1. The molecule has 0 aliphatic carbocycles. The zero-order chi connectivity index (χ0) is 20.2. The van der Waals surface area contributed by atoms with Crippen molar-refractivity contribution in [1.82, 2.24) is 30.3 Å². The van der Waals surface area contributed by atoms with Gasteiger partial charge in [-0.3, -0.25) is 0 Å². The van der Waals surface area contributed by atoms with Gasteiger partial charge in [-0.05, 0) is 66.1 Å². The third kappa shape index (κ3) is 4.49. The molecule has 29 heavy (non-hydrogen) atoms. The van der Waals surface area contributed by atoms with Crippen LogP contribution in [0.4, 0.5) is 0 Å². The lowest BCUT2D eigenvalue weighted by Crippen LogP contribution is -2.04. The molecule has 0 radical (unpaired) electrons. The van der Waals surface area contributed by atoms with Crippen LogP contribution in [0.2, 0.25) is 5.02 Å². The smallest absolute Gasteiger partial charge is 0.226 e. The van der Waals surface area contributed by atoms with E-state index in [1.165, 1.54) is 0 Å². The minimum absolute atomic E-state index is 0.572. The van der Waals surface area contributed by atoms with E-state index in [1.807, 2.05) is 30.3 Å². The van der Waals surface area contributed by atoms with Crippen molar-refractivity contribution < 1.29 is 4.52 Å². The minimum Gasteiger partial charge on any atom is -0.339 e. The fourth-order valence-electron chi connectivity index (χ4n) is 3.01. The average molecular weight is 427 g/mol. The van der Waals surface area contributed by atoms with Crippen molar-refractivity contribution in [3.8, 4) is 17.1 Å². The number of aromatic nitrogens is 6. The molecule has 7 nitrogen and oxygen atoms in total. The fourth-order valence-corrected chi connectivity index (χ4v) is 3.95. The molecule has 4 rings (SSSR count). The molecule has 0 bridgehead atoms. The van der Waals surface area contributed by atoms with Crippen LogP contribution in [-0.4, -0.2) is 36.1 Å². The summed E-state index contributed by atoms with van der Waals surface area (Å²) in [5, 5.41) is 17.7. The minimum atomic E-state index is 0.572. The summed E-state index contributed by atoms with van der Waals surface area (Å²) >= 11 is 7.53. The summed E-state index contributed by atoms with van der Waals surface area (Å²) in [6, 6.07) is 13.5. The zero-order valence-electron chi connectivity index (χ0n) is 16.0. The second-order valence-electron chi connectivity index (χ2n) is 6.58. The molecule has 148 valence electrons. The molecule has 0 amide bonds. The molecule has 0 atom stereocenters. The Hall–Kier alpha value is -2.71. The number of para-hydroxylation sites is 1. The molecule has 0 aliphatic heterocycles. The molecule has 0 spiro atoms. The highest BCUT2D eigenvalue weighted by Gasteiger charge is 2.14. The number of nitrogens with zero attached hydrogens (tertiary/aromatic N) is 6. The van der Waals surface area contributed by atoms with Crippen LogP contribution in [0.15, 0.2) is 52.1 Å². The molecular weight excluding hydrogens is 408 g/mol. The van der Waals surface area contributed by atoms with Crippen LogP contribution >= 0.6 is 23.4 Å². The van der Waals surface area contributed by atoms with Crippen molar-refractivity contribution in [2.45, 2.75) is 31.8 Å². The number of benzene rings is 2. The first kappa shape index (κ1) is 19.6. The van der Waals surface area contributed by atoms with E-state index in [1.54, 1.807) is 16.4 Å². The van der Waals surface area contributed by atoms with Crippen LogP contribution in [0.25, 0.3) is 17.1 Å². The van der Waals surface area contributed by atoms with Gasteiger partial charge < -0.3 is 4.52 Å². The highest BCUT2D eigenvalue weighted by molar-refractivity contribution is 7.99. The highest BCUT2D eigenvalue weighted by Crippen LogP contribution is 2.24. The highest BCUT2D eigenvalue weighted by atomic mass is 35.5. The summed E-state index contributed by atoms with van der Waals surface area (Å²) < 4.78 is 7.17. The van der Waals surface area contributed by atoms with E-state index in [9.17, 15) is 0 Å². The van der Waals surface area contributed by atoms with Gasteiger partial charge in [0.1, 0.15) is 0 Å². The number of halogens is 1. The maximum atomic E-state index is 5.92. The molecule has 0 unspecified atom stereocenters. The van der Waals surface area contributed by atoms with Crippen molar-refractivity contribution in [3.05, 3.63) is 64.5 Å². The van der Waals surface area contributed by atoms with Crippen LogP contribution in [0.3, 0.4) is 0 Å².